The van der Waals surface area contributed by atoms with Crippen molar-refractivity contribution in [1.82, 2.24) is 0 Å². The molecule has 1 aliphatic heterocycles. The molecule has 3 rings (SSSR count). The van der Waals surface area contributed by atoms with Crippen LogP contribution >= 0.6 is 0 Å². The summed E-state index contributed by atoms with van der Waals surface area (Å²) in [6, 6.07) is 17.2. The molecule has 3 nitrogen and oxygen atoms in total. The number of ether oxygens (including phenoxy) is 1. The van der Waals surface area contributed by atoms with Gasteiger partial charge in [0.25, 0.3) is 0 Å². The summed E-state index contributed by atoms with van der Waals surface area (Å²) < 4.78 is 5.97. The lowest BCUT2D eigenvalue weighted by atomic mass is 9.88. The molecule has 0 aliphatic carbocycles. The molecule has 2 aromatic carbocycles. The lowest BCUT2D eigenvalue weighted by molar-refractivity contribution is 0.236. The Bertz CT molecular complexity index is 891. The van der Waals surface area contributed by atoms with Gasteiger partial charge in [-0.15, -0.1) is 0 Å². The van der Waals surface area contributed by atoms with Crippen LogP contribution in [0, 0.1) is 5.41 Å². The summed E-state index contributed by atoms with van der Waals surface area (Å²) >= 11 is 0. The van der Waals surface area contributed by atoms with Gasteiger partial charge >= 0.3 is 0 Å². The van der Waals surface area contributed by atoms with Crippen molar-refractivity contribution >= 4 is 17.3 Å². The first-order valence-electron chi connectivity index (χ1n) is 11.0. The Morgan fingerprint density at radius 2 is 1.57 bits per heavy atom. The molecule has 1 atom stereocenters. The van der Waals surface area contributed by atoms with Crippen LogP contribution in [-0.2, 0) is 4.74 Å². The van der Waals surface area contributed by atoms with E-state index in [1.54, 1.807) is 0 Å². The summed E-state index contributed by atoms with van der Waals surface area (Å²) in [4.78, 5) is 4.86. The first-order valence-corrected chi connectivity index (χ1v) is 11.0. The molecule has 1 aliphatic rings. The third kappa shape index (κ3) is 5.13. The molecule has 0 bridgehead atoms. The molecule has 0 saturated heterocycles. The van der Waals surface area contributed by atoms with Crippen molar-refractivity contribution in [3.63, 3.8) is 0 Å². The average molecular weight is 405 g/mol. The molecule has 0 fully saturated rings. The van der Waals surface area contributed by atoms with Gasteiger partial charge in [0.1, 0.15) is 6.61 Å². The largest absolute Gasteiger partial charge is 0.476 e. The molecule has 0 spiro atoms. The van der Waals surface area contributed by atoms with E-state index >= 15 is 0 Å². The van der Waals surface area contributed by atoms with Crippen LogP contribution in [0.3, 0.4) is 0 Å². The van der Waals surface area contributed by atoms with E-state index in [9.17, 15) is 0 Å². The van der Waals surface area contributed by atoms with Gasteiger partial charge in [0.05, 0.1) is 11.7 Å². The van der Waals surface area contributed by atoms with Gasteiger partial charge in [0, 0.05) is 11.8 Å². The average Bonchev–Trinajstić information content (AvgIpc) is 3.17. The number of para-hydroxylation sites is 1. The first-order chi connectivity index (χ1) is 14.2. The summed E-state index contributed by atoms with van der Waals surface area (Å²) in [6.07, 6.45) is 2.06. The summed E-state index contributed by atoms with van der Waals surface area (Å²) in [5.41, 5.74) is 6.07. The Hall–Kier alpha value is -2.55. The van der Waals surface area contributed by atoms with Crippen LogP contribution in [0.25, 0.3) is 5.70 Å². The van der Waals surface area contributed by atoms with Gasteiger partial charge in [0.2, 0.25) is 5.90 Å². The van der Waals surface area contributed by atoms with Crippen LogP contribution < -0.4 is 5.32 Å². The molecule has 0 radical (unpaired) electrons. The number of nitrogens with zero attached hydrogens (tertiary/aromatic N) is 1. The monoisotopic (exact) mass is 404 g/mol. The third-order valence-corrected chi connectivity index (χ3v) is 5.66. The standard InChI is InChI=1S/C27H36N2O/c1-18(2)21-14-11-15-22(19(3)4)26(21)28-23(20-12-9-8-10-13-20)16-25-29-24(17-30-25)27(5,6)7/h8-16,18-19,24,28H,17H2,1-7H3. The van der Waals surface area contributed by atoms with Gasteiger partial charge in [-0.25, -0.2) is 4.99 Å². The number of benzene rings is 2. The summed E-state index contributed by atoms with van der Waals surface area (Å²) in [6.45, 7) is 16.2. The molecule has 0 aromatic heterocycles. The fourth-order valence-corrected chi connectivity index (χ4v) is 3.68. The van der Waals surface area contributed by atoms with Crippen molar-refractivity contribution < 1.29 is 4.74 Å². The molecule has 30 heavy (non-hydrogen) atoms. The second kappa shape index (κ2) is 9.07. The predicted molar refractivity (Wildman–Crippen MR) is 129 cm³/mol. The van der Waals surface area contributed by atoms with E-state index in [-0.39, 0.29) is 11.5 Å². The van der Waals surface area contributed by atoms with Crippen molar-refractivity contribution in [1.29, 1.82) is 0 Å². The summed E-state index contributed by atoms with van der Waals surface area (Å²) in [5.74, 6) is 1.55. The number of nitrogens with one attached hydrogen (secondary N) is 1. The van der Waals surface area contributed by atoms with Crippen LogP contribution in [0.2, 0.25) is 0 Å². The zero-order valence-electron chi connectivity index (χ0n) is 19.5. The molecule has 2 aromatic rings. The van der Waals surface area contributed by atoms with E-state index in [1.165, 1.54) is 16.8 Å². The maximum atomic E-state index is 5.97. The lowest BCUT2D eigenvalue weighted by Gasteiger charge is -2.22. The molecule has 3 heteroatoms. The van der Waals surface area contributed by atoms with Gasteiger partial charge in [-0.1, -0.05) is 97.0 Å². The third-order valence-electron chi connectivity index (χ3n) is 5.66. The fraction of sp³-hybridized carbons (Fsp3) is 0.444. The zero-order chi connectivity index (χ0) is 21.9. The Morgan fingerprint density at radius 1 is 0.967 bits per heavy atom. The predicted octanol–water partition coefficient (Wildman–Crippen LogP) is 7.23. The Morgan fingerprint density at radius 3 is 2.07 bits per heavy atom. The number of rotatable bonds is 6. The quantitative estimate of drug-likeness (QED) is 0.551. The van der Waals surface area contributed by atoms with Crippen LogP contribution in [0.4, 0.5) is 5.69 Å². The SMILES string of the molecule is CC(C)c1cccc(C(C)C)c1NC(=CC1=NC(C(C)(C)C)CO1)c1ccccc1. The van der Waals surface area contributed by atoms with E-state index in [0.717, 1.165) is 11.3 Å². The van der Waals surface area contributed by atoms with Gasteiger partial charge < -0.3 is 10.1 Å². The highest BCUT2D eigenvalue weighted by atomic mass is 16.5. The maximum absolute atomic E-state index is 5.97. The Labute approximate surface area is 182 Å². The highest BCUT2D eigenvalue weighted by Gasteiger charge is 2.29. The second-order valence-electron chi connectivity index (χ2n) is 9.83. The van der Waals surface area contributed by atoms with Gasteiger partial charge in [-0.05, 0) is 33.9 Å². The minimum atomic E-state index is 0.0883. The Kier molecular flexibility index (Phi) is 6.70. The van der Waals surface area contributed by atoms with Gasteiger partial charge in [-0.2, -0.15) is 0 Å². The molecular formula is C27H36N2O. The minimum Gasteiger partial charge on any atom is -0.476 e. The number of anilines is 1. The topological polar surface area (TPSA) is 33.6 Å². The highest BCUT2D eigenvalue weighted by molar-refractivity contribution is 5.99. The van der Waals surface area contributed by atoms with E-state index in [2.05, 4.69) is 102 Å². The van der Waals surface area contributed by atoms with Gasteiger partial charge in [-0.3, -0.25) is 0 Å². The normalized spacial score (nSPS) is 17.3. The van der Waals surface area contributed by atoms with E-state index in [0.29, 0.717) is 24.3 Å². The highest BCUT2D eigenvalue weighted by Crippen LogP contribution is 2.35. The van der Waals surface area contributed by atoms with Crippen molar-refractivity contribution in [2.75, 3.05) is 11.9 Å². The van der Waals surface area contributed by atoms with Crippen molar-refractivity contribution in [3.05, 3.63) is 71.3 Å². The van der Waals surface area contributed by atoms with Crippen molar-refractivity contribution in [3.8, 4) is 0 Å². The number of hydrogen-bond donors (Lipinski definition) is 1. The summed E-state index contributed by atoms with van der Waals surface area (Å²) in [7, 11) is 0. The minimum absolute atomic E-state index is 0.0883. The van der Waals surface area contributed by atoms with E-state index < -0.39 is 0 Å². The lowest BCUT2D eigenvalue weighted by Crippen LogP contribution is -2.25. The van der Waals surface area contributed by atoms with Crippen molar-refractivity contribution in [2.24, 2.45) is 10.4 Å². The van der Waals surface area contributed by atoms with Crippen LogP contribution in [0.15, 0.2) is 59.6 Å². The zero-order valence-corrected chi connectivity index (χ0v) is 19.5. The van der Waals surface area contributed by atoms with Crippen LogP contribution in [0.5, 0.6) is 0 Å². The summed E-state index contributed by atoms with van der Waals surface area (Å²) in [5, 5.41) is 3.78. The molecule has 0 saturated carbocycles. The molecule has 1 N–H and O–H groups in total. The van der Waals surface area contributed by atoms with Crippen LogP contribution in [0.1, 0.15) is 77.0 Å². The van der Waals surface area contributed by atoms with E-state index in [4.69, 9.17) is 9.73 Å². The van der Waals surface area contributed by atoms with Crippen LogP contribution in [-0.4, -0.2) is 18.5 Å². The van der Waals surface area contributed by atoms with Crippen molar-refractivity contribution in [2.45, 2.75) is 66.3 Å². The molecule has 1 unspecified atom stereocenters. The molecule has 1 heterocycles. The second-order valence-corrected chi connectivity index (χ2v) is 9.83. The fourth-order valence-electron chi connectivity index (χ4n) is 3.68. The molecule has 0 amide bonds. The molecule has 160 valence electrons. The smallest absolute Gasteiger partial charge is 0.211 e. The van der Waals surface area contributed by atoms with Gasteiger partial charge in [0.15, 0.2) is 0 Å². The maximum Gasteiger partial charge on any atom is 0.211 e. The number of aliphatic imine (C=N–C) groups is 1. The molecular weight excluding hydrogens is 368 g/mol. The first kappa shape index (κ1) is 22.1. The number of hydrogen-bond acceptors (Lipinski definition) is 3. The Balaban J connectivity index is 2.07. The van der Waals surface area contributed by atoms with E-state index in [1.807, 2.05) is 6.07 Å².